The van der Waals surface area contributed by atoms with Gasteiger partial charge in [0.25, 0.3) is 0 Å². The van der Waals surface area contributed by atoms with Crippen LogP contribution in [0.25, 0.3) is 33.8 Å². The number of hydrogen-bond acceptors (Lipinski definition) is 8. The third-order valence-electron chi connectivity index (χ3n) is 6.53. The molecule has 1 aromatic carbocycles. The van der Waals surface area contributed by atoms with E-state index in [1.165, 1.54) is 10.9 Å². The third-order valence-corrected chi connectivity index (χ3v) is 6.53. The molecule has 1 saturated carbocycles. The molecule has 0 atom stereocenters. The number of anilines is 1. The Morgan fingerprint density at radius 2 is 1.82 bits per heavy atom. The highest BCUT2D eigenvalue weighted by atomic mass is 19.4. The Kier molecular flexibility index (Phi) is 6.09. The molecule has 0 bridgehead atoms. The quantitative estimate of drug-likeness (QED) is 0.297. The van der Waals surface area contributed by atoms with Gasteiger partial charge in [0.1, 0.15) is 23.5 Å². The fourth-order valence-electron chi connectivity index (χ4n) is 4.45. The summed E-state index contributed by atoms with van der Waals surface area (Å²) in [6.45, 7) is 0.410. The van der Waals surface area contributed by atoms with Crippen LogP contribution in [0.5, 0.6) is 5.88 Å². The highest BCUT2D eigenvalue weighted by Gasteiger charge is 2.34. The highest BCUT2D eigenvalue weighted by Crippen LogP contribution is 2.45. The van der Waals surface area contributed by atoms with E-state index in [1.807, 2.05) is 24.3 Å². The van der Waals surface area contributed by atoms with E-state index in [0.29, 0.717) is 46.8 Å². The molecule has 198 valence electrons. The van der Waals surface area contributed by atoms with Crippen LogP contribution in [-0.2, 0) is 19.8 Å². The number of fused-ring (bicyclic) bond motifs is 1. The molecule has 0 unspecified atom stereocenters. The molecule has 0 amide bonds. The van der Waals surface area contributed by atoms with Crippen molar-refractivity contribution in [3.63, 3.8) is 0 Å². The normalized spacial score (nSPS) is 13.6. The number of rotatable bonds is 7. The van der Waals surface area contributed by atoms with E-state index in [0.717, 1.165) is 35.7 Å². The Labute approximate surface area is 221 Å². The Morgan fingerprint density at radius 1 is 1.03 bits per heavy atom. The van der Waals surface area contributed by atoms with Crippen LogP contribution in [0.4, 0.5) is 19.0 Å². The van der Waals surface area contributed by atoms with Crippen molar-refractivity contribution in [1.29, 1.82) is 0 Å². The molecule has 12 heteroatoms. The van der Waals surface area contributed by atoms with E-state index in [1.54, 1.807) is 32.5 Å². The van der Waals surface area contributed by atoms with E-state index < -0.39 is 11.9 Å². The Morgan fingerprint density at radius 3 is 2.51 bits per heavy atom. The summed E-state index contributed by atoms with van der Waals surface area (Å²) in [4.78, 5) is 26.5. The Balaban J connectivity index is 1.30. The zero-order valence-corrected chi connectivity index (χ0v) is 21.1. The second-order valence-corrected chi connectivity index (χ2v) is 9.30. The minimum atomic E-state index is -4.50. The predicted molar refractivity (Wildman–Crippen MR) is 138 cm³/mol. The van der Waals surface area contributed by atoms with E-state index in [2.05, 4.69) is 25.3 Å². The topological polar surface area (TPSA) is 104 Å². The van der Waals surface area contributed by atoms with E-state index in [9.17, 15) is 13.2 Å². The Bertz CT molecular complexity index is 1660. The molecule has 1 aliphatic rings. The summed E-state index contributed by atoms with van der Waals surface area (Å²) in [6.07, 6.45) is 1.73. The minimum Gasteiger partial charge on any atom is -0.480 e. The predicted octanol–water partition coefficient (Wildman–Crippen LogP) is 5.40. The average Bonchev–Trinajstić information content (AvgIpc) is 3.71. The number of aryl methyl sites for hydroxylation is 1. The van der Waals surface area contributed by atoms with Crippen molar-refractivity contribution in [3.05, 3.63) is 72.1 Å². The van der Waals surface area contributed by atoms with Gasteiger partial charge in [-0.2, -0.15) is 13.2 Å². The lowest BCUT2D eigenvalue weighted by Gasteiger charge is -2.14. The number of aromatic nitrogens is 7. The number of halogens is 3. The first kappa shape index (κ1) is 24.7. The van der Waals surface area contributed by atoms with Gasteiger partial charge in [0.2, 0.25) is 5.88 Å². The molecule has 1 aliphatic carbocycles. The number of pyridine rings is 1. The summed E-state index contributed by atoms with van der Waals surface area (Å²) >= 11 is 0. The number of hydrogen-bond donors (Lipinski definition) is 1. The first-order valence-electron chi connectivity index (χ1n) is 12.3. The molecule has 9 nitrogen and oxygen atoms in total. The van der Waals surface area contributed by atoms with E-state index in [-0.39, 0.29) is 5.82 Å². The molecule has 1 N–H and O–H groups in total. The molecule has 1 fully saturated rings. The minimum absolute atomic E-state index is 0.241. The van der Waals surface area contributed by atoms with Gasteiger partial charge in [0, 0.05) is 37.5 Å². The number of nitrogens with zero attached hydrogens (tertiary/aromatic N) is 7. The number of ether oxygens (including phenoxy) is 1. The lowest BCUT2D eigenvalue weighted by molar-refractivity contribution is -0.140. The fraction of sp³-hybridized carbons (Fsp3) is 0.259. The van der Waals surface area contributed by atoms with Crippen molar-refractivity contribution < 1.29 is 17.9 Å². The summed E-state index contributed by atoms with van der Waals surface area (Å²) < 4.78 is 46.1. The summed E-state index contributed by atoms with van der Waals surface area (Å²) in [5, 5.41) is 4.11. The lowest BCUT2D eigenvalue weighted by atomic mass is 10.1. The van der Waals surface area contributed by atoms with Crippen molar-refractivity contribution in [2.24, 2.45) is 7.05 Å². The summed E-state index contributed by atoms with van der Waals surface area (Å²) in [7, 11) is 3.10. The molecular weight excluding hydrogens is 509 g/mol. The van der Waals surface area contributed by atoms with Crippen LogP contribution in [0.2, 0.25) is 0 Å². The number of nitrogens with one attached hydrogen (secondary N) is 1. The standard InChI is InChI=1S/C27H23F3N8O/c1-38-13-19(27(28,29)30)35-25(38)17-7-5-15(6-8-17)12-32-23-18-4-3-11-31-22(18)36-24(37-23)20-21(16-9-10-16)33-14-34-26(20)39-2/h3-8,11,13-14,16H,9-10,12H2,1-2H3,(H,31,32,36,37). The van der Waals surface area contributed by atoms with Gasteiger partial charge < -0.3 is 14.6 Å². The SMILES string of the molecule is COc1ncnc(C2CC2)c1-c1nc(NCc2ccc(-c3nc(C(F)(F)F)cn3C)cc2)c2cccnc2n1. The molecular formula is C27H23F3N8O. The maximum absolute atomic E-state index is 13.1. The average molecular weight is 533 g/mol. The first-order valence-corrected chi connectivity index (χ1v) is 12.3. The van der Waals surface area contributed by atoms with Gasteiger partial charge in [-0.3, -0.25) is 0 Å². The van der Waals surface area contributed by atoms with Crippen molar-refractivity contribution >= 4 is 16.9 Å². The molecule has 39 heavy (non-hydrogen) atoms. The summed E-state index contributed by atoms with van der Waals surface area (Å²) in [5.74, 6) is 1.98. The maximum atomic E-state index is 13.1. The lowest BCUT2D eigenvalue weighted by Crippen LogP contribution is -2.07. The van der Waals surface area contributed by atoms with Crippen molar-refractivity contribution in [1.82, 2.24) is 34.5 Å². The zero-order chi connectivity index (χ0) is 27.1. The van der Waals surface area contributed by atoms with Crippen LogP contribution < -0.4 is 10.1 Å². The van der Waals surface area contributed by atoms with Crippen molar-refractivity contribution in [2.45, 2.75) is 31.5 Å². The maximum Gasteiger partial charge on any atom is 0.434 e. The molecule has 5 aromatic rings. The van der Waals surface area contributed by atoms with Crippen molar-refractivity contribution in [3.8, 4) is 28.7 Å². The number of alkyl halides is 3. The third kappa shape index (κ3) is 4.85. The molecule has 0 aliphatic heterocycles. The van der Waals surface area contributed by atoms with Crippen LogP contribution in [0.1, 0.15) is 35.7 Å². The van der Waals surface area contributed by atoms with Gasteiger partial charge in [-0.1, -0.05) is 24.3 Å². The number of methoxy groups -OCH3 is 1. The monoisotopic (exact) mass is 532 g/mol. The smallest absolute Gasteiger partial charge is 0.434 e. The molecule has 0 radical (unpaired) electrons. The van der Waals surface area contributed by atoms with Crippen molar-refractivity contribution in [2.75, 3.05) is 12.4 Å². The second kappa shape index (κ2) is 9.61. The molecule has 0 spiro atoms. The van der Waals surface area contributed by atoms with Gasteiger partial charge in [-0.25, -0.2) is 29.9 Å². The van der Waals surface area contributed by atoms with E-state index >= 15 is 0 Å². The Hall–Kier alpha value is -4.61. The zero-order valence-electron chi connectivity index (χ0n) is 21.1. The van der Waals surface area contributed by atoms with Gasteiger partial charge >= 0.3 is 6.18 Å². The first-order chi connectivity index (χ1) is 18.8. The van der Waals surface area contributed by atoms with Gasteiger partial charge in [-0.15, -0.1) is 0 Å². The van der Waals surface area contributed by atoms with Crippen LogP contribution in [0, 0.1) is 0 Å². The van der Waals surface area contributed by atoms with Gasteiger partial charge in [0.15, 0.2) is 17.2 Å². The van der Waals surface area contributed by atoms with Crippen LogP contribution in [0.15, 0.2) is 55.1 Å². The summed E-state index contributed by atoms with van der Waals surface area (Å²) in [5.41, 5.74) is 2.61. The number of benzene rings is 1. The second-order valence-electron chi connectivity index (χ2n) is 9.30. The molecule has 4 heterocycles. The number of imidazole rings is 1. The van der Waals surface area contributed by atoms with E-state index in [4.69, 9.17) is 14.7 Å². The fourth-order valence-corrected chi connectivity index (χ4v) is 4.45. The summed E-state index contributed by atoms with van der Waals surface area (Å²) in [6, 6.07) is 10.9. The molecule has 0 saturated heterocycles. The van der Waals surface area contributed by atoms with Crippen LogP contribution in [0.3, 0.4) is 0 Å². The highest BCUT2D eigenvalue weighted by molar-refractivity contribution is 5.88. The molecule has 4 aromatic heterocycles. The van der Waals surface area contributed by atoms with Gasteiger partial charge in [-0.05, 0) is 30.5 Å². The largest absolute Gasteiger partial charge is 0.480 e. The van der Waals surface area contributed by atoms with Gasteiger partial charge in [0.05, 0.1) is 18.2 Å². The molecule has 6 rings (SSSR count). The van der Waals surface area contributed by atoms with Crippen LogP contribution >= 0.6 is 0 Å². The van der Waals surface area contributed by atoms with Crippen LogP contribution in [-0.4, -0.2) is 41.6 Å².